The lowest BCUT2D eigenvalue weighted by Gasteiger charge is -2.22. The molecule has 1 heterocycles. The molecule has 0 radical (unpaired) electrons. The molecule has 0 spiro atoms. The number of rotatable bonds is 2. The number of para-hydroxylation sites is 1. The zero-order chi connectivity index (χ0) is 22.3. The SMILES string of the molecule is CC1=[N+](C)c2ccccc2C1(C)C.O=S(=O)([N-]S(=O)(=O)C(F)(F)F)C(F)(F)F. The highest BCUT2D eigenvalue weighted by Crippen LogP contribution is 2.38. The van der Waals surface area contributed by atoms with E-state index in [1.54, 1.807) is 0 Å². The molecule has 0 aliphatic carbocycles. The minimum Gasteiger partial charge on any atom is -0.421 e. The van der Waals surface area contributed by atoms with Crippen LogP contribution in [0.5, 0.6) is 0 Å². The molecule has 28 heavy (non-hydrogen) atoms. The first-order valence-corrected chi connectivity index (χ1v) is 10.2. The molecule has 14 heteroatoms. The average molecular weight is 454 g/mol. The van der Waals surface area contributed by atoms with Crippen LogP contribution in [0.2, 0.25) is 0 Å². The van der Waals surface area contributed by atoms with Crippen LogP contribution in [-0.4, -0.2) is 45.2 Å². The van der Waals surface area contributed by atoms with Crippen LogP contribution in [0.15, 0.2) is 24.3 Å². The van der Waals surface area contributed by atoms with Crippen molar-refractivity contribution in [2.24, 2.45) is 0 Å². The molecule has 0 fully saturated rings. The van der Waals surface area contributed by atoms with Gasteiger partial charge in [0.05, 0.1) is 5.41 Å². The van der Waals surface area contributed by atoms with Crippen LogP contribution in [0.1, 0.15) is 26.3 Å². The van der Waals surface area contributed by atoms with Gasteiger partial charge in [0.15, 0.2) is 25.8 Å². The Bertz CT molecular complexity index is 951. The van der Waals surface area contributed by atoms with E-state index in [4.69, 9.17) is 0 Å². The molecular formula is C14H16F6N2O4S2. The molecule has 6 nitrogen and oxygen atoms in total. The van der Waals surface area contributed by atoms with Crippen LogP contribution in [0.25, 0.3) is 4.13 Å². The lowest BCUT2D eigenvalue weighted by molar-refractivity contribution is -0.403. The molecule has 0 unspecified atom stereocenters. The summed E-state index contributed by atoms with van der Waals surface area (Å²) < 4.78 is 111. The number of benzene rings is 1. The van der Waals surface area contributed by atoms with Crippen LogP contribution in [0.3, 0.4) is 0 Å². The largest absolute Gasteiger partial charge is 0.480 e. The molecule has 0 N–H and O–H groups in total. The predicted molar refractivity (Wildman–Crippen MR) is 89.3 cm³/mol. The van der Waals surface area contributed by atoms with Gasteiger partial charge in [-0.05, 0) is 13.8 Å². The summed E-state index contributed by atoms with van der Waals surface area (Å²) in [5.74, 6) is 0. The molecule has 0 saturated heterocycles. The average Bonchev–Trinajstić information content (AvgIpc) is 2.66. The van der Waals surface area contributed by atoms with Crippen molar-refractivity contribution in [1.29, 1.82) is 0 Å². The van der Waals surface area contributed by atoms with Gasteiger partial charge in [-0.3, -0.25) is 0 Å². The third-order valence-corrected chi connectivity index (χ3v) is 6.87. The highest BCUT2D eigenvalue weighted by molar-refractivity contribution is 8.13. The van der Waals surface area contributed by atoms with E-state index in [1.165, 1.54) is 17.0 Å². The third-order valence-electron chi connectivity index (χ3n) is 4.13. The molecule has 0 aromatic heterocycles. The number of fused-ring (bicyclic) bond motifs is 1. The number of halogens is 6. The minimum atomic E-state index is -6.72. The molecule has 1 aliphatic heterocycles. The fourth-order valence-corrected chi connectivity index (χ4v) is 4.01. The zero-order valence-corrected chi connectivity index (χ0v) is 16.6. The van der Waals surface area contributed by atoms with Crippen molar-refractivity contribution in [2.45, 2.75) is 37.2 Å². The number of alkyl halides is 6. The second kappa shape index (κ2) is 7.30. The van der Waals surface area contributed by atoms with E-state index in [2.05, 4.69) is 56.7 Å². The Morgan fingerprint density at radius 3 is 1.64 bits per heavy atom. The highest BCUT2D eigenvalue weighted by atomic mass is 32.3. The molecule has 160 valence electrons. The normalized spacial score (nSPS) is 17.1. The van der Waals surface area contributed by atoms with E-state index in [0.717, 1.165) is 4.13 Å². The first kappa shape index (κ1) is 24.4. The quantitative estimate of drug-likeness (QED) is 0.503. The van der Waals surface area contributed by atoms with E-state index in [0.29, 0.717) is 0 Å². The topological polar surface area (TPSA) is 85.4 Å². The van der Waals surface area contributed by atoms with Gasteiger partial charge in [0.2, 0.25) is 5.69 Å². The van der Waals surface area contributed by atoms with Crippen molar-refractivity contribution in [3.8, 4) is 0 Å². The molecule has 0 saturated carbocycles. The van der Waals surface area contributed by atoms with Crippen LogP contribution >= 0.6 is 0 Å². The number of nitrogens with zero attached hydrogens (tertiary/aromatic N) is 2. The third kappa shape index (κ3) is 4.66. The van der Waals surface area contributed by atoms with Gasteiger partial charge in [-0.25, -0.2) is 21.4 Å². The Hall–Kier alpha value is -1.67. The summed E-state index contributed by atoms with van der Waals surface area (Å²) in [5.41, 5.74) is -7.99. The Morgan fingerprint density at radius 2 is 1.29 bits per heavy atom. The van der Waals surface area contributed by atoms with E-state index in [1.807, 2.05) is 0 Å². The predicted octanol–water partition coefficient (Wildman–Crippen LogP) is 3.77. The summed E-state index contributed by atoms with van der Waals surface area (Å²) in [6.07, 6.45) is 0. The van der Waals surface area contributed by atoms with Crippen molar-refractivity contribution in [3.63, 3.8) is 0 Å². The molecule has 1 aliphatic rings. The molecule has 1 aromatic rings. The van der Waals surface area contributed by atoms with E-state index < -0.39 is 31.1 Å². The molecule has 0 amide bonds. The second-order valence-corrected chi connectivity index (χ2v) is 9.63. The Labute approximate surface area is 158 Å². The minimum absolute atomic E-state index is 0.200. The van der Waals surface area contributed by atoms with Gasteiger partial charge in [0, 0.05) is 18.6 Å². The van der Waals surface area contributed by atoms with E-state index >= 15 is 0 Å². The fourth-order valence-electron chi connectivity index (χ4n) is 2.30. The lowest BCUT2D eigenvalue weighted by Crippen LogP contribution is -2.30. The maximum Gasteiger partial charge on any atom is 0.480 e. The van der Waals surface area contributed by atoms with Gasteiger partial charge in [0.1, 0.15) is 7.05 Å². The maximum atomic E-state index is 11.4. The van der Waals surface area contributed by atoms with Gasteiger partial charge in [-0.2, -0.15) is 26.3 Å². The standard InChI is InChI=1S/C12H16N.C2F6NO4S2/c1-9-12(2,3)10-7-5-6-8-11(10)13(9)4;3-1(4,5)14(10,11)9-15(12,13)2(6,7)8/h5-8H,1-4H3;/q+1;-1. The summed E-state index contributed by atoms with van der Waals surface area (Å²) in [7, 11) is -11.3. The molecule has 0 atom stereocenters. The van der Waals surface area contributed by atoms with Gasteiger partial charge >= 0.3 is 11.0 Å². The summed E-state index contributed by atoms with van der Waals surface area (Å²) in [5, 5.41) is 0. The van der Waals surface area contributed by atoms with Gasteiger partial charge in [0.25, 0.3) is 0 Å². The first-order valence-electron chi connectivity index (χ1n) is 7.30. The second-order valence-electron chi connectivity index (χ2n) is 6.20. The van der Waals surface area contributed by atoms with Crippen molar-refractivity contribution < 1.29 is 47.8 Å². The number of sulfonamides is 2. The Kier molecular flexibility index (Phi) is 6.35. The van der Waals surface area contributed by atoms with Crippen molar-refractivity contribution in [2.75, 3.05) is 7.05 Å². The Balaban J connectivity index is 0.000000281. The van der Waals surface area contributed by atoms with Gasteiger partial charge < -0.3 is 4.13 Å². The molecule has 1 aromatic carbocycles. The van der Waals surface area contributed by atoms with E-state index in [-0.39, 0.29) is 5.41 Å². The van der Waals surface area contributed by atoms with Gasteiger partial charge in [-0.1, -0.05) is 18.2 Å². The zero-order valence-electron chi connectivity index (χ0n) is 14.9. The molecular weight excluding hydrogens is 438 g/mol. The number of hydrogen-bond acceptors (Lipinski definition) is 4. The van der Waals surface area contributed by atoms with Gasteiger partial charge in [-0.15, -0.1) is 0 Å². The van der Waals surface area contributed by atoms with Crippen molar-refractivity contribution >= 4 is 31.4 Å². The Morgan fingerprint density at radius 1 is 0.893 bits per heavy atom. The van der Waals surface area contributed by atoms with Crippen LogP contribution in [0.4, 0.5) is 32.0 Å². The summed E-state index contributed by atoms with van der Waals surface area (Å²) in [6, 6.07) is 8.63. The fraction of sp³-hybridized carbons (Fsp3) is 0.500. The highest BCUT2D eigenvalue weighted by Gasteiger charge is 2.47. The smallest absolute Gasteiger partial charge is 0.421 e. The maximum absolute atomic E-state index is 11.4. The summed E-state index contributed by atoms with van der Waals surface area (Å²) >= 11 is 0. The lowest BCUT2D eigenvalue weighted by atomic mass is 9.82. The summed E-state index contributed by atoms with van der Waals surface area (Å²) in [4.78, 5) is 0. The molecule has 2 rings (SSSR count). The van der Waals surface area contributed by atoms with Crippen LogP contribution in [0, 0.1) is 0 Å². The van der Waals surface area contributed by atoms with Crippen molar-refractivity contribution in [1.82, 2.24) is 0 Å². The first-order chi connectivity index (χ1) is 12.3. The number of hydrogen-bond donors (Lipinski definition) is 0. The monoisotopic (exact) mass is 454 g/mol. The van der Waals surface area contributed by atoms with E-state index in [9.17, 15) is 43.2 Å². The van der Waals surface area contributed by atoms with Crippen molar-refractivity contribution in [3.05, 3.63) is 34.0 Å². The van der Waals surface area contributed by atoms with Crippen LogP contribution in [-0.2, 0) is 25.5 Å². The molecule has 0 bridgehead atoms. The summed E-state index contributed by atoms with van der Waals surface area (Å²) in [6.45, 7) is 6.77. The van der Waals surface area contributed by atoms with Crippen LogP contribution < -0.4 is 0 Å².